The first kappa shape index (κ1) is 11.1. The maximum Gasteiger partial charge on any atom is -0.0352 e. The zero-order valence-electron chi connectivity index (χ0n) is 10.0. The Kier molecular flexibility index (Phi) is 3.82. The van der Waals surface area contributed by atoms with Gasteiger partial charge in [-0.3, -0.25) is 0 Å². The van der Waals surface area contributed by atoms with E-state index in [-0.39, 0.29) is 0 Å². The van der Waals surface area contributed by atoms with E-state index < -0.39 is 0 Å². The van der Waals surface area contributed by atoms with Crippen LogP contribution in [0.25, 0.3) is 0 Å². The highest BCUT2D eigenvalue weighted by atomic mass is 14.5. The Morgan fingerprint density at radius 1 is 1.15 bits per heavy atom. The highest BCUT2D eigenvalue weighted by Crippen LogP contribution is 2.50. The normalized spacial score (nSPS) is 31.8. The van der Waals surface area contributed by atoms with Crippen molar-refractivity contribution in [3.8, 4) is 0 Å². The minimum Gasteiger partial charge on any atom is -0.0651 e. The number of hydrogen-bond acceptors (Lipinski definition) is 0. The van der Waals surface area contributed by atoms with E-state index >= 15 is 0 Å². The van der Waals surface area contributed by atoms with Crippen molar-refractivity contribution >= 4 is 0 Å². The summed E-state index contributed by atoms with van der Waals surface area (Å²) in [7, 11) is 0. The molecule has 0 aromatic rings. The second-order valence-corrected chi connectivity index (χ2v) is 5.24. The van der Waals surface area contributed by atoms with Gasteiger partial charge in [0.15, 0.2) is 0 Å². The molecule has 78 valence electrons. The lowest BCUT2D eigenvalue weighted by atomic mass is 9.79. The van der Waals surface area contributed by atoms with Crippen LogP contribution in [-0.2, 0) is 0 Å². The molecule has 1 fully saturated rings. The van der Waals surface area contributed by atoms with Crippen LogP contribution in [0.1, 0.15) is 53.9 Å². The number of rotatable bonds is 5. The van der Waals surface area contributed by atoms with Gasteiger partial charge in [-0.25, -0.2) is 0 Å². The average molecular weight is 182 g/mol. The van der Waals surface area contributed by atoms with Gasteiger partial charge in [-0.1, -0.05) is 47.5 Å². The third-order valence-electron chi connectivity index (χ3n) is 4.25. The van der Waals surface area contributed by atoms with Gasteiger partial charge in [0.05, 0.1) is 0 Å². The first-order chi connectivity index (χ1) is 6.11. The first-order valence-corrected chi connectivity index (χ1v) is 6.11. The molecular formula is C13H26. The molecule has 0 spiro atoms. The molecule has 13 heavy (non-hydrogen) atoms. The summed E-state index contributed by atoms with van der Waals surface area (Å²) in [6.07, 6.45) is 4.32. The molecule has 0 heteroatoms. The number of hydrogen-bond donors (Lipinski definition) is 0. The van der Waals surface area contributed by atoms with Gasteiger partial charge in [-0.15, -0.1) is 0 Å². The Morgan fingerprint density at radius 2 is 1.77 bits per heavy atom. The zero-order chi connectivity index (χ0) is 10.0. The molecule has 1 rings (SSSR count). The van der Waals surface area contributed by atoms with E-state index in [0.717, 1.165) is 29.6 Å². The molecule has 0 aliphatic heterocycles. The van der Waals surface area contributed by atoms with Gasteiger partial charge in [-0.05, 0) is 36.0 Å². The standard InChI is InChI=1S/C13H26/c1-6-11-8-13(11)12(7-2)10(5)9(3)4/h9-13H,6-8H2,1-5H3. The van der Waals surface area contributed by atoms with E-state index in [4.69, 9.17) is 0 Å². The summed E-state index contributed by atoms with van der Waals surface area (Å²) in [5.41, 5.74) is 0. The zero-order valence-corrected chi connectivity index (χ0v) is 10.0. The fourth-order valence-electron chi connectivity index (χ4n) is 2.82. The Labute approximate surface area is 84.1 Å². The van der Waals surface area contributed by atoms with E-state index in [0.29, 0.717) is 0 Å². The fourth-order valence-corrected chi connectivity index (χ4v) is 2.82. The lowest BCUT2D eigenvalue weighted by Gasteiger charge is -2.26. The smallest absolute Gasteiger partial charge is 0.0352 e. The Bertz CT molecular complexity index is 148. The van der Waals surface area contributed by atoms with Crippen LogP contribution in [-0.4, -0.2) is 0 Å². The molecule has 1 aliphatic carbocycles. The Hall–Kier alpha value is 0. The predicted octanol–water partition coefficient (Wildman–Crippen LogP) is 4.35. The topological polar surface area (TPSA) is 0 Å². The fraction of sp³-hybridized carbons (Fsp3) is 1.00. The summed E-state index contributed by atoms with van der Waals surface area (Å²) in [6.45, 7) is 11.9. The van der Waals surface area contributed by atoms with Crippen molar-refractivity contribution in [1.29, 1.82) is 0 Å². The summed E-state index contributed by atoms with van der Waals surface area (Å²) in [5.74, 6) is 4.94. The van der Waals surface area contributed by atoms with Gasteiger partial charge in [0.1, 0.15) is 0 Å². The monoisotopic (exact) mass is 182 g/mol. The van der Waals surface area contributed by atoms with Crippen LogP contribution in [0.3, 0.4) is 0 Å². The molecule has 4 atom stereocenters. The van der Waals surface area contributed by atoms with Gasteiger partial charge < -0.3 is 0 Å². The van der Waals surface area contributed by atoms with Crippen LogP contribution >= 0.6 is 0 Å². The first-order valence-electron chi connectivity index (χ1n) is 6.11. The van der Waals surface area contributed by atoms with Crippen molar-refractivity contribution in [2.45, 2.75) is 53.9 Å². The van der Waals surface area contributed by atoms with E-state index in [2.05, 4.69) is 34.6 Å². The Morgan fingerprint density at radius 3 is 2.08 bits per heavy atom. The van der Waals surface area contributed by atoms with E-state index in [1.807, 2.05) is 0 Å². The summed E-state index contributed by atoms with van der Waals surface area (Å²) in [6, 6.07) is 0. The third kappa shape index (κ3) is 2.48. The van der Waals surface area contributed by atoms with E-state index in [9.17, 15) is 0 Å². The molecule has 0 nitrogen and oxygen atoms in total. The van der Waals surface area contributed by atoms with Crippen LogP contribution < -0.4 is 0 Å². The van der Waals surface area contributed by atoms with Crippen LogP contribution in [0.2, 0.25) is 0 Å². The maximum atomic E-state index is 2.45. The molecule has 1 aliphatic rings. The second-order valence-electron chi connectivity index (χ2n) is 5.24. The highest BCUT2D eigenvalue weighted by molar-refractivity contribution is 4.92. The molecule has 0 heterocycles. The van der Waals surface area contributed by atoms with Crippen molar-refractivity contribution in [2.75, 3.05) is 0 Å². The van der Waals surface area contributed by atoms with E-state index in [1.54, 1.807) is 0 Å². The van der Waals surface area contributed by atoms with Crippen LogP contribution in [0, 0.1) is 29.6 Å². The van der Waals surface area contributed by atoms with Gasteiger partial charge in [0, 0.05) is 0 Å². The summed E-state index contributed by atoms with van der Waals surface area (Å²) in [4.78, 5) is 0. The molecule has 0 amide bonds. The molecule has 0 bridgehead atoms. The Balaban J connectivity index is 2.44. The van der Waals surface area contributed by atoms with Crippen molar-refractivity contribution in [1.82, 2.24) is 0 Å². The maximum absolute atomic E-state index is 2.45. The van der Waals surface area contributed by atoms with Crippen molar-refractivity contribution in [2.24, 2.45) is 29.6 Å². The molecule has 0 saturated heterocycles. The van der Waals surface area contributed by atoms with Gasteiger partial charge in [0.2, 0.25) is 0 Å². The van der Waals surface area contributed by atoms with E-state index in [1.165, 1.54) is 19.3 Å². The highest BCUT2D eigenvalue weighted by Gasteiger charge is 2.42. The van der Waals surface area contributed by atoms with Crippen molar-refractivity contribution in [3.63, 3.8) is 0 Å². The van der Waals surface area contributed by atoms with Gasteiger partial charge >= 0.3 is 0 Å². The minimum atomic E-state index is 0.864. The molecule has 4 unspecified atom stereocenters. The SMILES string of the molecule is CCC1CC1C(CC)C(C)C(C)C. The average Bonchev–Trinajstić information content (AvgIpc) is 2.85. The lowest BCUT2D eigenvalue weighted by molar-refractivity contribution is 0.231. The van der Waals surface area contributed by atoms with Crippen molar-refractivity contribution < 1.29 is 0 Å². The van der Waals surface area contributed by atoms with Gasteiger partial charge in [0.25, 0.3) is 0 Å². The second kappa shape index (κ2) is 4.48. The largest absolute Gasteiger partial charge is 0.0651 e. The minimum absolute atomic E-state index is 0.864. The molecule has 0 aromatic carbocycles. The predicted molar refractivity (Wildman–Crippen MR) is 59.7 cm³/mol. The molecule has 1 saturated carbocycles. The molecule has 0 aromatic heterocycles. The quantitative estimate of drug-likeness (QED) is 0.593. The summed E-state index contributed by atoms with van der Waals surface area (Å²) in [5, 5.41) is 0. The molecule has 0 radical (unpaired) electrons. The van der Waals surface area contributed by atoms with Crippen LogP contribution in [0.5, 0.6) is 0 Å². The van der Waals surface area contributed by atoms with Crippen LogP contribution in [0.4, 0.5) is 0 Å². The molecule has 0 N–H and O–H groups in total. The molecular weight excluding hydrogens is 156 g/mol. The summed E-state index contributed by atoms with van der Waals surface area (Å²) < 4.78 is 0. The van der Waals surface area contributed by atoms with Crippen LogP contribution in [0.15, 0.2) is 0 Å². The van der Waals surface area contributed by atoms with Crippen molar-refractivity contribution in [3.05, 3.63) is 0 Å². The third-order valence-corrected chi connectivity index (χ3v) is 4.25. The lowest BCUT2D eigenvalue weighted by Crippen LogP contribution is -2.19. The van der Waals surface area contributed by atoms with Gasteiger partial charge in [-0.2, -0.15) is 0 Å². The summed E-state index contributed by atoms with van der Waals surface area (Å²) >= 11 is 0.